The molecular formula is C2H4N2O3S4. The van der Waals surface area contributed by atoms with Crippen molar-refractivity contribution in [3.63, 3.8) is 0 Å². The van der Waals surface area contributed by atoms with E-state index in [9.17, 15) is 9.59 Å². The molecule has 9 heteroatoms. The molecule has 0 aliphatic rings. The van der Waals surface area contributed by atoms with Crippen molar-refractivity contribution in [3.05, 3.63) is 0 Å². The quantitative estimate of drug-likeness (QED) is 0.375. The van der Waals surface area contributed by atoms with E-state index in [2.05, 4.69) is 56.0 Å². The molecule has 2 amide bonds. The van der Waals surface area contributed by atoms with Gasteiger partial charge in [-0.3, -0.25) is 0 Å². The van der Waals surface area contributed by atoms with Gasteiger partial charge in [-0.05, 0) is 51.3 Å². The first-order valence-electron chi connectivity index (χ1n) is 2.06. The summed E-state index contributed by atoms with van der Waals surface area (Å²) >= 11 is 13.8. The van der Waals surface area contributed by atoms with Gasteiger partial charge in [0, 0.05) is 0 Å². The molecule has 0 radical (unpaired) electrons. The van der Waals surface area contributed by atoms with Gasteiger partial charge >= 0.3 is 12.2 Å². The molecule has 0 bridgehead atoms. The summed E-state index contributed by atoms with van der Waals surface area (Å²) in [7, 11) is 0. The minimum atomic E-state index is -1.03. The van der Waals surface area contributed by atoms with E-state index in [1.54, 1.807) is 0 Å². The zero-order valence-electron chi connectivity index (χ0n) is 4.91. The van der Waals surface area contributed by atoms with Crippen molar-refractivity contribution in [1.82, 2.24) is 7.42 Å². The molecular weight excluding hydrogens is 228 g/mol. The highest BCUT2D eigenvalue weighted by atomic mass is 32.2. The fourth-order valence-corrected chi connectivity index (χ4v) is 0.320. The molecule has 0 aliphatic carbocycles. The minimum Gasteiger partial charge on any atom is -0.357 e. The van der Waals surface area contributed by atoms with E-state index < -0.39 is 12.2 Å². The predicted molar refractivity (Wildman–Crippen MR) is 51.5 cm³/mol. The highest BCUT2D eigenvalue weighted by Crippen LogP contribution is 2.06. The standard InChI is InChI=1S/C2H4N2O3S4/c5-1(3(8)9)7-2(6)4(10)11/h8-11H. The van der Waals surface area contributed by atoms with Crippen molar-refractivity contribution >= 4 is 63.4 Å². The van der Waals surface area contributed by atoms with Crippen LogP contribution in [-0.2, 0) is 4.74 Å². The Morgan fingerprint density at radius 1 is 0.909 bits per heavy atom. The number of nitrogens with zero attached hydrogens (tertiary/aromatic N) is 2. The summed E-state index contributed by atoms with van der Waals surface area (Å²) in [6, 6.07) is 0. The Kier molecular flexibility index (Phi) is 4.97. The number of amides is 2. The van der Waals surface area contributed by atoms with Crippen LogP contribution in [0.5, 0.6) is 0 Å². The summed E-state index contributed by atoms with van der Waals surface area (Å²) in [4.78, 5) is 21.0. The number of rotatable bonds is 0. The van der Waals surface area contributed by atoms with Crippen molar-refractivity contribution in [3.8, 4) is 0 Å². The zero-order chi connectivity index (χ0) is 9.02. The fraction of sp³-hybridized carbons (Fsp3) is 0. The van der Waals surface area contributed by atoms with Gasteiger partial charge in [0.25, 0.3) is 0 Å². The summed E-state index contributed by atoms with van der Waals surface area (Å²) in [5, 5.41) is 0. The highest BCUT2D eigenvalue weighted by Gasteiger charge is 2.15. The third-order valence-electron chi connectivity index (χ3n) is 0.501. The van der Waals surface area contributed by atoms with E-state index in [-0.39, 0.29) is 0 Å². The summed E-state index contributed by atoms with van der Waals surface area (Å²) in [5.41, 5.74) is 0. The normalized spacial score (nSPS) is 8.73. The fourth-order valence-electron chi connectivity index (χ4n) is 0.156. The Balaban J connectivity index is 3.86. The molecule has 0 N–H and O–H groups in total. The van der Waals surface area contributed by atoms with Crippen LogP contribution in [-0.4, -0.2) is 19.6 Å². The Morgan fingerprint density at radius 3 is 1.36 bits per heavy atom. The van der Waals surface area contributed by atoms with E-state index in [1.165, 1.54) is 0 Å². The molecule has 0 aliphatic heterocycles. The van der Waals surface area contributed by atoms with Crippen LogP contribution in [0.2, 0.25) is 0 Å². The molecule has 0 fully saturated rings. The van der Waals surface area contributed by atoms with Gasteiger partial charge in [-0.15, -0.1) is 0 Å². The van der Waals surface area contributed by atoms with Crippen LogP contribution in [0.25, 0.3) is 0 Å². The molecule has 11 heavy (non-hydrogen) atoms. The van der Waals surface area contributed by atoms with Crippen LogP contribution in [0.3, 0.4) is 0 Å². The van der Waals surface area contributed by atoms with Crippen molar-refractivity contribution in [2.45, 2.75) is 0 Å². The predicted octanol–water partition coefficient (Wildman–Crippen LogP) is 1.23. The molecule has 0 saturated heterocycles. The first-order valence-corrected chi connectivity index (χ1v) is 3.66. The average molecular weight is 232 g/mol. The molecule has 64 valence electrons. The first kappa shape index (κ1) is 11.1. The van der Waals surface area contributed by atoms with Gasteiger partial charge in [0.2, 0.25) is 0 Å². The van der Waals surface area contributed by atoms with Crippen LogP contribution in [0.1, 0.15) is 0 Å². The molecule has 0 aromatic carbocycles. The third kappa shape index (κ3) is 4.56. The third-order valence-corrected chi connectivity index (χ3v) is 1.15. The maximum atomic E-state index is 10.5. The van der Waals surface area contributed by atoms with Crippen LogP contribution in [0.4, 0.5) is 9.59 Å². The maximum absolute atomic E-state index is 10.5. The van der Waals surface area contributed by atoms with Crippen LogP contribution < -0.4 is 0 Å². The number of thiol groups is 4. The van der Waals surface area contributed by atoms with Crippen LogP contribution >= 0.6 is 51.3 Å². The number of ether oxygens (including phenoxy) is 1. The van der Waals surface area contributed by atoms with Gasteiger partial charge in [0.15, 0.2) is 0 Å². The highest BCUT2D eigenvalue weighted by molar-refractivity contribution is 7.95. The van der Waals surface area contributed by atoms with Gasteiger partial charge in [-0.2, -0.15) is 7.42 Å². The Morgan fingerprint density at radius 2 is 1.18 bits per heavy atom. The molecule has 0 atom stereocenters. The van der Waals surface area contributed by atoms with E-state index in [0.717, 1.165) is 0 Å². The van der Waals surface area contributed by atoms with Crippen LogP contribution in [0, 0.1) is 0 Å². The second kappa shape index (κ2) is 4.91. The first-order chi connectivity index (χ1) is 4.95. The molecule has 5 nitrogen and oxygen atoms in total. The maximum Gasteiger partial charge on any atom is 0.438 e. The van der Waals surface area contributed by atoms with Crippen LogP contribution in [0.15, 0.2) is 0 Å². The van der Waals surface area contributed by atoms with Gasteiger partial charge < -0.3 is 4.74 Å². The molecule has 0 spiro atoms. The van der Waals surface area contributed by atoms with E-state index in [4.69, 9.17) is 0 Å². The van der Waals surface area contributed by atoms with Gasteiger partial charge in [0.05, 0.1) is 0 Å². The van der Waals surface area contributed by atoms with E-state index in [0.29, 0.717) is 7.42 Å². The van der Waals surface area contributed by atoms with Gasteiger partial charge in [-0.25, -0.2) is 9.59 Å². The second-order valence-corrected chi connectivity index (χ2v) is 3.44. The van der Waals surface area contributed by atoms with Crippen molar-refractivity contribution in [2.24, 2.45) is 0 Å². The number of hydrogen-bond donors (Lipinski definition) is 4. The van der Waals surface area contributed by atoms with Crippen molar-refractivity contribution in [1.29, 1.82) is 0 Å². The molecule has 0 rings (SSSR count). The minimum absolute atomic E-state index is 0.503. The molecule has 0 heterocycles. The smallest absolute Gasteiger partial charge is 0.357 e. The SMILES string of the molecule is O=C(OC(=O)N(S)S)N(S)S. The second-order valence-electron chi connectivity index (χ2n) is 1.21. The summed E-state index contributed by atoms with van der Waals surface area (Å²) in [5.74, 6) is 0. The van der Waals surface area contributed by atoms with Crippen molar-refractivity contribution in [2.75, 3.05) is 0 Å². The van der Waals surface area contributed by atoms with E-state index >= 15 is 0 Å². The summed E-state index contributed by atoms with van der Waals surface area (Å²) < 4.78 is 5.05. The Bertz CT molecular complexity index is 153. The molecule has 0 saturated carbocycles. The summed E-state index contributed by atoms with van der Waals surface area (Å²) in [6.07, 6.45) is -2.07. The van der Waals surface area contributed by atoms with Gasteiger partial charge in [0.1, 0.15) is 0 Å². The van der Waals surface area contributed by atoms with Gasteiger partial charge in [-0.1, -0.05) is 0 Å². The molecule has 0 aromatic heterocycles. The monoisotopic (exact) mass is 232 g/mol. The molecule has 0 unspecified atom stereocenters. The van der Waals surface area contributed by atoms with Crippen molar-refractivity contribution < 1.29 is 14.3 Å². The zero-order valence-corrected chi connectivity index (χ0v) is 8.49. The lowest BCUT2D eigenvalue weighted by Crippen LogP contribution is -2.22. The lowest BCUT2D eigenvalue weighted by Gasteiger charge is -2.09. The average Bonchev–Trinajstić information content (AvgIpc) is 1.87. The number of hydrogen-bond acceptors (Lipinski definition) is 7. The number of carbonyl (C=O) groups excluding carboxylic acids is 2. The lowest BCUT2D eigenvalue weighted by molar-refractivity contribution is 0.146. The summed E-state index contributed by atoms with van der Waals surface area (Å²) in [6.45, 7) is 0. The Labute approximate surface area is 85.2 Å². The molecule has 0 aromatic rings. The van der Waals surface area contributed by atoms with E-state index in [1.807, 2.05) is 0 Å². The Hall–Kier alpha value is 0.140. The largest absolute Gasteiger partial charge is 0.438 e. The topological polar surface area (TPSA) is 49.9 Å². The number of carbonyl (C=O) groups is 2. The lowest BCUT2D eigenvalue weighted by atomic mass is 11.1.